The van der Waals surface area contributed by atoms with Crippen LogP contribution in [0.2, 0.25) is 5.02 Å². The summed E-state index contributed by atoms with van der Waals surface area (Å²) in [4.78, 5) is 18.1. The second kappa shape index (κ2) is 8.60. The van der Waals surface area contributed by atoms with E-state index in [4.69, 9.17) is 21.1 Å². The van der Waals surface area contributed by atoms with Crippen molar-refractivity contribution in [3.63, 3.8) is 0 Å². The zero-order chi connectivity index (χ0) is 22.1. The molecule has 0 aliphatic carbocycles. The second-order valence-corrected chi connectivity index (χ2v) is 8.69. The van der Waals surface area contributed by atoms with Crippen LogP contribution in [0.25, 0.3) is 0 Å². The van der Waals surface area contributed by atoms with Crippen LogP contribution in [0.4, 0.5) is 4.39 Å². The number of hydrogen-bond donors (Lipinski definition) is 0. The molecule has 2 heterocycles. The third kappa shape index (κ3) is 4.06. The topological polar surface area (TPSA) is 51.1 Å². The zero-order valence-electron chi connectivity index (χ0n) is 17.7. The molecule has 2 aliphatic rings. The normalized spacial score (nSPS) is 20.8. The summed E-state index contributed by atoms with van der Waals surface area (Å²) in [6.45, 7) is 3.32. The van der Waals surface area contributed by atoms with Crippen molar-refractivity contribution in [1.29, 1.82) is 0 Å². The number of ether oxygens (including phenoxy) is 2. The number of carbonyl (C=O) groups excluding carboxylic acids is 1. The van der Waals surface area contributed by atoms with E-state index in [1.54, 1.807) is 31.3 Å². The molecule has 2 aliphatic heterocycles. The van der Waals surface area contributed by atoms with Gasteiger partial charge in [0, 0.05) is 25.2 Å². The van der Waals surface area contributed by atoms with Crippen molar-refractivity contribution in [2.24, 2.45) is 4.99 Å². The Morgan fingerprint density at radius 2 is 1.94 bits per heavy atom. The first-order chi connectivity index (χ1) is 14.9. The van der Waals surface area contributed by atoms with Gasteiger partial charge in [0.25, 0.3) is 6.02 Å². The molecule has 2 aromatic carbocycles. The summed E-state index contributed by atoms with van der Waals surface area (Å²) in [5, 5.41) is 0.499. The molecular formula is C24H26ClFN2O3. The Balaban J connectivity index is 1.47. The van der Waals surface area contributed by atoms with Gasteiger partial charge >= 0.3 is 0 Å². The Labute approximate surface area is 186 Å². The monoisotopic (exact) mass is 444 g/mol. The first kappa shape index (κ1) is 21.8. The maximum atomic E-state index is 15.3. The molecule has 1 spiro atoms. The van der Waals surface area contributed by atoms with Gasteiger partial charge in [0.15, 0.2) is 18.1 Å². The molecule has 0 bridgehead atoms. The summed E-state index contributed by atoms with van der Waals surface area (Å²) in [5.41, 5.74) is 0.784. The Morgan fingerprint density at radius 1 is 1.26 bits per heavy atom. The highest BCUT2D eigenvalue weighted by molar-refractivity contribution is 6.30. The van der Waals surface area contributed by atoms with Crippen molar-refractivity contribution in [2.45, 2.75) is 43.7 Å². The predicted molar refractivity (Wildman–Crippen MR) is 118 cm³/mol. The number of aliphatic imine (C=N–C) groups is 1. The van der Waals surface area contributed by atoms with Gasteiger partial charge in [-0.25, -0.2) is 9.38 Å². The van der Waals surface area contributed by atoms with Crippen molar-refractivity contribution in [2.75, 3.05) is 20.1 Å². The molecule has 31 heavy (non-hydrogen) atoms. The number of amidine groups is 1. The molecule has 0 N–H and O–H groups in total. The minimum Gasteiger partial charge on any atom is -0.448 e. The first-order valence-electron chi connectivity index (χ1n) is 10.4. The van der Waals surface area contributed by atoms with Crippen LogP contribution in [0, 0.1) is 0 Å². The van der Waals surface area contributed by atoms with Crippen molar-refractivity contribution in [1.82, 2.24) is 4.90 Å². The number of halogens is 2. The Kier molecular flexibility index (Phi) is 6.04. The highest BCUT2D eigenvalue weighted by atomic mass is 35.5. The van der Waals surface area contributed by atoms with Crippen molar-refractivity contribution >= 4 is 23.9 Å². The lowest BCUT2D eigenvalue weighted by atomic mass is 9.84. The Morgan fingerprint density at radius 3 is 2.58 bits per heavy atom. The minimum absolute atomic E-state index is 0.257. The van der Waals surface area contributed by atoms with Crippen molar-refractivity contribution < 1.29 is 18.7 Å². The summed E-state index contributed by atoms with van der Waals surface area (Å²) < 4.78 is 27.4. The maximum absolute atomic E-state index is 15.3. The highest BCUT2D eigenvalue weighted by Crippen LogP contribution is 2.44. The van der Waals surface area contributed by atoms with E-state index in [9.17, 15) is 4.79 Å². The van der Waals surface area contributed by atoms with Crippen LogP contribution in [0.5, 0.6) is 0 Å². The third-order valence-electron chi connectivity index (χ3n) is 6.26. The van der Waals surface area contributed by atoms with Crippen LogP contribution in [0.1, 0.15) is 42.6 Å². The zero-order valence-corrected chi connectivity index (χ0v) is 18.4. The smallest absolute Gasteiger partial charge is 0.288 e. The van der Waals surface area contributed by atoms with E-state index < -0.39 is 11.8 Å². The van der Waals surface area contributed by atoms with E-state index >= 15 is 4.39 Å². The second-order valence-electron chi connectivity index (χ2n) is 8.25. The van der Waals surface area contributed by atoms with E-state index in [0.29, 0.717) is 36.6 Å². The summed E-state index contributed by atoms with van der Waals surface area (Å²) in [7, 11) is 1.59. The number of aldehydes is 1. The molecule has 0 radical (unpaired) electrons. The van der Waals surface area contributed by atoms with Gasteiger partial charge in [0.05, 0.1) is 12.2 Å². The summed E-state index contributed by atoms with van der Waals surface area (Å²) >= 11 is 5.90. The van der Waals surface area contributed by atoms with Crippen LogP contribution < -0.4 is 0 Å². The summed E-state index contributed by atoms with van der Waals surface area (Å²) in [5.74, 6) is 0. The molecule has 1 saturated heterocycles. The summed E-state index contributed by atoms with van der Waals surface area (Å²) in [6.07, 6.45) is 0.361. The fraction of sp³-hybridized carbons (Fsp3) is 0.417. The maximum Gasteiger partial charge on any atom is 0.288 e. The molecule has 5 nitrogen and oxygen atoms in total. The Bertz CT molecular complexity index is 973. The number of carbonyl (C=O) groups is 1. The quantitative estimate of drug-likeness (QED) is 0.385. The van der Waals surface area contributed by atoms with E-state index in [-0.39, 0.29) is 11.6 Å². The van der Waals surface area contributed by atoms with Crippen molar-refractivity contribution in [3.05, 3.63) is 70.2 Å². The number of likely N-dealkylation sites (tertiary alicyclic amines) is 1. The molecule has 2 aromatic rings. The van der Waals surface area contributed by atoms with E-state index in [1.165, 1.54) is 18.1 Å². The minimum atomic E-state index is -1.71. The summed E-state index contributed by atoms with van der Waals surface area (Å²) in [6, 6.07) is 14.9. The number of piperidine rings is 1. The van der Waals surface area contributed by atoms with Crippen LogP contribution in [0.15, 0.2) is 53.5 Å². The largest absolute Gasteiger partial charge is 0.448 e. The molecule has 164 valence electrons. The highest BCUT2D eigenvalue weighted by Gasteiger charge is 2.45. The number of nitrogens with zero attached hydrogens (tertiary/aromatic N) is 2. The predicted octanol–water partition coefficient (Wildman–Crippen LogP) is 4.83. The number of alkyl halides is 1. The lowest BCUT2D eigenvalue weighted by molar-refractivity contribution is -0.129. The van der Waals surface area contributed by atoms with Gasteiger partial charge in [0.1, 0.15) is 0 Å². The fourth-order valence-corrected chi connectivity index (χ4v) is 4.53. The molecule has 7 heteroatoms. The molecule has 4 rings (SSSR count). The molecule has 0 aromatic heterocycles. The van der Waals surface area contributed by atoms with Gasteiger partial charge in [-0.1, -0.05) is 48.0 Å². The van der Waals surface area contributed by atoms with E-state index in [2.05, 4.69) is 17.1 Å². The Hall–Kier alpha value is -2.44. The number of rotatable bonds is 4. The van der Waals surface area contributed by atoms with E-state index in [0.717, 1.165) is 12.8 Å². The standard InChI is InChI=1S/C24H26ClFN2O3/c1-23(16-29,21(26)17-7-9-19(25)10-8-17)31-22(27-2)28-13-11-24(12-14-28)20-6-4-3-5-18(20)15-30-24/h3-10,16,21H,11-15H2,1-2H3/b27-22-. The SMILES string of the molecule is C/N=C(\OC(C)(C=O)C(F)c1ccc(Cl)cc1)N1CCC2(CC1)OCc1ccccc12. The van der Waals surface area contributed by atoms with Gasteiger partial charge in [-0.05, 0) is 48.6 Å². The first-order valence-corrected chi connectivity index (χ1v) is 10.8. The number of hydrogen-bond acceptors (Lipinski definition) is 4. The lowest BCUT2D eigenvalue weighted by Gasteiger charge is -2.41. The van der Waals surface area contributed by atoms with Gasteiger partial charge in [0.2, 0.25) is 0 Å². The van der Waals surface area contributed by atoms with Crippen LogP contribution in [0.3, 0.4) is 0 Å². The third-order valence-corrected chi connectivity index (χ3v) is 6.51. The van der Waals surface area contributed by atoms with Crippen LogP contribution in [-0.4, -0.2) is 42.9 Å². The molecule has 2 unspecified atom stereocenters. The molecular weight excluding hydrogens is 419 g/mol. The average molecular weight is 445 g/mol. The molecule has 2 atom stereocenters. The average Bonchev–Trinajstić information content (AvgIpc) is 3.16. The van der Waals surface area contributed by atoms with Crippen LogP contribution in [-0.2, 0) is 26.5 Å². The number of fused-ring (bicyclic) bond motifs is 2. The number of benzene rings is 2. The lowest BCUT2D eigenvalue weighted by Crippen LogP contribution is -2.49. The van der Waals surface area contributed by atoms with Crippen LogP contribution >= 0.6 is 11.6 Å². The molecule has 0 saturated carbocycles. The molecule has 1 fully saturated rings. The van der Waals surface area contributed by atoms with Gasteiger partial charge in [-0.3, -0.25) is 4.79 Å². The fourth-order valence-electron chi connectivity index (χ4n) is 4.40. The molecule has 0 amide bonds. The van der Waals surface area contributed by atoms with Gasteiger partial charge < -0.3 is 14.4 Å². The van der Waals surface area contributed by atoms with Gasteiger partial charge in [-0.2, -0.15) is 0 Å². The van der Waals surface area contributed by atoms with E-state index in [1.807, 2.05) is 17.0 Å². The van der Waals surface area contributed by atoms with Crippen molar-refractivity contribution in [3.8, 4) is 0 Å². The van der Waals surface area contributed by atoms with Gasteiger partial charge in [-0.15, -0.1) is 0 Å².